The first-order valence-corrected chi connectivity index (χ1v) is 11.1. The van der Waals surface area contributed by atoms with Gasteiger partial charge in [0.05, 0.1) is 0 Å². The molecule has 0 saturated heterocycles. The zero-order valence-corrected chi connectivity index (χ0v) is 19.0. The van der Waals surface area contributed by atoms with Crippen LogP contribution in [0.2, 0.25) is 0 Å². The molecule has 0 heterocycles. The van der Waals surface area contributed by atoms with Crippen molar-refractivity contribution < 1.29 is 10.2 Å². The SMILES string of the molecule is Cc1cc(C=Cc2ccccc2)c(O)c(Cc2cc(C)cc(C=Cc3ccccc3)c2O)c1. The molecular weight excluding hydrogens is 404 g/mol. The van der Waals surface area contributed by atoms with Gasteiger partial charge in [0.25, 0.3) is 0 Å². The maximum atomic E-state index is 11.0. The molecule has 0 spiro atoms. The Hall–Kier alpha value is -4.04. The first kappa shape index (κ1) is 22.2. The Morgan fingerprint density at radius 2 is 0.939 bits per heavy atom. The summed E-state index contributed by atoms with van der Waals surface area (Å²) < 4.78 is 0. The summed E-state index contributed by atoms with van der Waals surface area (Å²) in [5.41, 5.74) is 7.40. The fourth-order valence-corrected chi connectivity index (χ4v) is 4.00. The normalized spacial score (nSPS) is 11.5. The summed E-state index contributed by atoms with van der Waals surface area (Å²) in [5, 5.41) is 22.0. The zero-order valence-electron chi connectivity index (χ0n) is 19.0. The highest BCUT2D eigenvalue weighted by Crippen LogP contribution is 2.33. The molecule has 4 rings (SSSR count). The van der Waals surface area contributed by atoms with Gasteiger partial charge in [-0.1, -0.05) is 97.1 Å². The molecule has 4 aromatic carbocycles. The third kappa shape index (κ3) is 5.61. The lowest BCUT2D eigenvalue weighted by molar-refractivity contribution is 0.461. The molecule has 0 aromatic heterocycles. The van der Waals surface area contributed by atoms with Crippen LogP contribution in [0.5, 0.6) is 11.5 Å². The van der Waals surface area contributed by atoms with Gasteiger partial charge in [0.2, 0.25) is 0 Å². The highest BCUT2D eigenvalue weighted by atomic mass is 16.3. The topological polar surface area (TPSA) is 40.5 Å². The van der Waals surface area contributed by atoms with Gasteiger partial charge in [-0.05, 0) is 59.4 Å². The smallest absolute Gasteiger partial charge is 0.126 e. The summed E-state index contributed by atoms with van der Waals surface area (Å²) in [5.74, 6) is 0.491. The van der Waals surface area contributed by atoms with Crippen molar-refractivity contribution in [3.8, 4) is 11.5 Å². The molecule has 2 nitrogen and oxygen atoms in total. The van der Waals surface area contributed by atoms with Gasteiger partial charge in [0, 0.05) is 17.5 Å². The average molecular weight is 433 g/mol. The van der Waals surface area contributed by atoms with E-state index >= 15 is 0 Å². The minimum absolute atomic E-state index is 0.245. The zero-order chi connectivity index (χ0) is 23.2. The van der Waals surface area contributed by atoms with Gasteiger partial charge >= 0.3 is 0 Å². The summed E-state index contributed by atoms with van der Waals surface area (Å²) in [4.78, 5) is 0. The number of rotatable bonds is 6. The van der Waals surface area contributed by atoms with Crippen molar-refractivity contribution in [2.75, 3.05) is 0 Å². The van der Waals surface area contributed by atoms with E-state index in [1.807, 2.05) is 123 Å². The van der Waals surface area contributed by atoms with Crippen LogP contribution in [0.3, 0.4) is 0 Å². The third-order valence-corrected chi connectivity index (χ3v) is 5.62. The standard InChI is InChI=1S/C31H28O2/c1-22-17-26(15-13-24-9-5-3-6-10-24)30(32)28(19-22)21-29-20-23(2)18-27(31(29)33)16-14-25-11-7-4-8-12-25/h3-20,32-33H,21H2,1-2H3. The number of hydrogen-bond acceptors (Lipinski definition) is 2. The molecule has 0 aliphatic carbocycles. The largest absolute Gasteiger partial charge is 0.507 e. The van der Waals surface area contributed by atoms with E-state index in [1.165, 1.54) is 0 Å². The van der Waals surface area contributed by atoms with Gasteiger partial charge in [0.1, 0.15) is 11.5 Å². The van der Waals surface area contributed by atoms with E-state index in [0.717, 1.165) is 44.5 Å². The van der Waals surface area contributed by atoms with Crippen molar-refractivity contribution >= 4 is 24.3 Å². The van der Waals surface area contributed by atoms with Gasteiger partial charge in [-0.25, -0.2) is 0 Å². The van der Waals surface area contributed by atoms with Crippen LogP contribution in [-0.2, 0) is 6.42 Å². The van der Waals surface area contributed by atoms with Crippen LogP contribution in [0.1, 0.15) is 44.5 Å². The second kappa shape index (κ2) is 10.1. The average Bonchev–Trinajstić information content (AvgIpc) is 2.82. The first-order valence-electron chi connectivity index (χ1n) is 11.1. The highest BCUT2D eigenvalue weighted by molar-refractivity contribution is 5.75. The monoisotopic (exact) mass is 432 g/mol. The maximum Gasteiger partial charge on any atom is 0.126 e. The van der Waals surface area contributed by atoms with Crippen LogP contribution < -0.4 is 0 Å². The minimum Gasteiger partial charge on any atom is -0.507 e. The van der Waals surface area contributed by atoms with Crippen LogP contribution in [-0.4, -0.2) is 10.2 Å². The molecule has 0 atom stereocenters. The lowest BCUT2D eigenvalue weighted by atomic mass is 9.95. The summed E-state index contributed by atoms with van der Waals surface area (Å²) in [6.07, 6.45) is 8.31. The molecule has 0 saturated carbocycles. The Balaban J connectivity index is 1.65. The van der Waals surface area contributed by atoms with Crippen molar-refractivity contribution in [1.82, 2.24) is 0 Å². The Morgan fingerprint density at radius 1 is 0.545 bits per heavy atom. The fraction of sp³-hybridized carbons (Fsp3) is 0.0968. The van der Waals surface area contributed by atoms with Crippen LogP contribution in [0.4, 0.5) is 0 Å². The van der Waals surface area contributed by atoms with Crippen molar-refractivity contribution in [2.45, 2.75) is 20.3 Å². The Kier molecular flexibility index (Phi) is 6.75. The molecule has 4 aromatic rings. The summed E-state index contributed by atoms with van der Waals surface area (Å²) >= 11 is 0. The van der Waals surface area contributed by atoms with E-state index < -0.39 is 0 Å². The highest BCUT2D eigenvalue weighted by Gasteiger charge is 2.13. The number of hydrogen-bond donors (Lipinski definition) is 2. The molecule has 2 heteroatoms. The Bertz CT molecular complexity index is 1200. The summed E-state index contributed by atoms with van der Waals surface area (Å²) in [6.45, 7) is 4.04. The molecule has 33 heavy (non-hydrogen) atoms. The molecule has 0 aliphatic rings. The Morgan fingerprint density at radius 3 is 1.33 bits per heavy atom. The van der Waals surface area contributed by atoms with Crippen molar-refractivity contribution in [3.05, 3.63) is 129 Å². The van der Waals surface area contributed by atoms with Crippen molar-refractivity contribution in [2.24, 2.45) is 0 Å². The van der Waals surface area contributed by atoms with E-state index in [4.69, 9.17) is 0 Å². The van der Waals surface area contributed by atoms with Gasteiger partial charge in [-0.2, -0.15) is 0 Å². The lowest BCUT2D eigenvalue weighted by Gasteiger charge is -2.13. The third-order valence-electron chi connectivity index (χ3n) is 5.62. The van der Waals surface area contributed by atoms with Crippen molar-refractivity contribution in [3.63, 3.8) is 0 Å². The minimum atomic E-state index is 0.245. The molecule has 164 valence electrons. The van der Waals surface area contributed by atoms with Crippen molar-refractivity contribution in [1.29, 1.82) is 0 Å². The van der Waals surface area contributed by atoms with E-state index in [-0.39, 0.29) is 11.5 Å². The predicted octanol–water partition coefficient (Wildman–Crippen LogP) is 7.65. The molecule has 0 bridgehead atoms. The molecule has 2 N–H and O–H groups in total. The van der Waals surface area contributed by atoms with Gasteiger partial charge in [0.15, 0.2) is 0 Å². The molecular formula is C31H28O2. The number of benzene rings is 4. The first-order chi connectivity index (χ1) is 16.0. The second-order valence-corrected chi connectivity index (χ2v) is 8.39. The predicted molar refractivity (Wildman–Crippen MR) is 139 cm³/mol. The van der Waals surface area contributed by atoms with E-state index in [2.05, 4.69) is 0 Å². The van der Waals surface area contributed by atoms with Gasteiger partial charge in [-0.3, -0.25) is 0 Å². The van der Waals surface area contributed by atoms with Gasteiger partial charge in [-0.15, -0.1) is 0 Å². The molecule has 0 radical (unpaired) electrons. The van der Waals surface area contributed by atoms with E-state index in [1.54, 1.807) is 0 Å². The second-order valence-electron chi connectivity index (χ2n) is 8.39. The van der Waals surface area contributed by atoms with Crippen LogP contribution in [0.15, 0.2) is 84.9 Å². The summed E-state index contributed by atoms with van der Waals surface area (Å²) in [6, 6.07) is 28.0. The van der Waals surface area contributed by atoms with Crippen LogP contribution in [0, 0.1) is 13.8 Å². The summed E-state index contributed by atoms with van der Waals surface area (Å²) in [7, 11) is 0. The molecule has 0 aliphatic heterocycles. The van der Waals surface area contributed by atoms with Gasteiger partial charge < -0.3 is 10.2 Å². The number of phenols is 2. The molecule has 0 amide bonds. The molecule has 0 fully saturated rings. The van der Waals surface area contributed by atoms with E-state index in [9.17, 15) is 10.2 Å². The molecule has 0 unspecified atom stereocenters. The lowest BCUT2D eigenvalue weighted by Crippen LogP contribution is -1.95. The number of phenolic OH excluding ortho intramolecular Hbond substituents is 2. The maximum absolute atomic E-state index is 11.0. The van der Waals surface area contributed by atoms with Crippen LogP contribution in [0.25, 0.3) is 24.3 Å². The quantitative estimate of drug-likeness (QED) is 0.307. The van der Waals surface area contributed by atoms with E-state index in [0.29, 0.717) is 6.42 Å². The fourth-order valence-electron chi connectivity index (χ4n) is 4.00. The number of aromatic hydroxyl groups is 2. The number of aryl methyl sites for hydroxylation is 2. The van der Waals surface area contributed by atoms with Crippen LogP contribution >= 0.6 is 0 Å². The Labute approximate surface area is 195 Å².